The maximum atomic E-state index is 9.29. The van der Waals surface area contributed by atoms with Crippen LogP contribution in [-0.2, 0) is 6.42 Å². The fourth-order valence-electron chi connectivity index (χ4n) is 2.47. The van der Waals surface area contributed by atoms with Gasteiger partial charge in [-0.3, -0.25) is 4.99 Å². The standard InChI is InChI=1S/C20H27N3O3/c1-3-25-17-11-12-19(26-4-2)18(14-17)23-20(21)22-13-5-6-15-7-9-16(24)10-8-15/h7-12,14,24H,3-6,13H2,1-2H3,(H3,21,22,23). The molecule has 0 heterocycles. The first kappa shape index (κ1) is 19.4. The van der Waals surface area contributed by atoms with Crippen molar-refractivity contribution in [2.45, 2.75) is 26.7 Å². The smallest absolute Gasteiger partial charge is 0.193 e. The average Bonchev–Trinajstić information content (AvgIpc) is 2.63. The molecule has 0 saturated heterocycles. The number of benzene rings is 2. The van der Waals surface area contributed by atoms with E-state index in [2.05, 4.69) is 10.3 Å². The van der Waals surface area contributed by atoms with Crippen LogP contribution in [0.4, 0.5) is 5.69 Å². The van der Waals surface area contributed by atoms with Crippen LogP contribution in [0.1, 0.15) is 25.8 Å². The molecule has 2 aromatic carbocycles. The zero-order chi connectivity index (χ0) is 18.8. The van der Waals surface area contributed by atoms with E-state index in [0.29, 0.717) is 31.5 Å². The lowest BCUT2D eigenvalue weighted by atomic mass is 10.1. The van der Waals surface area contributed by atoms with Crippen molar-refractivity contribution in [2.75, 3.05) is 25.1 Å². The van der Waals surface area contributed by atoms with Crippen molar-refractivity contribution in [3.63, 3.8) is 0 Å². The molecule has 0 aliphatic rings. The van der Waals surface area contributed by atoms with Gasteiger partial charge < -0.3 is 25.6 Å². The van der Waals surface area contributed by atoms with Gasteiger partial charge in [-0.2, -0.15) is 0 Å². The van der Waals surface area contributed by atoms with Crippen LogP contribution in [0.3, 0.4) is 0 Å². The molecular weight excluding hydrogens is 330 g/mol. The SMILES string of the molecule is CCOc1ccc(OCC)c(NC(N)=NCCCc2ccc(O)cc2)c1. The number of phenolic OH excluding ortho intramolecular Hbond substituents is 1. The highest BCUT2D eigenvalue weighted by Gasteiger charge is 2.07. The number of ether oxygens (including phenoxy) is 2. The molecule has 0 amide bonds. The Hall–Kier alpha value is -2.89. The predicted molar refractivity (Wildman–Crippen MR) is 105 cm³/mol. The Balaban J connectivity index is 1.92. The molecule has 26 heavy (non-hydrogen) atoms. The summed E-state index contributed by atoms with van der Waals surface area (Å²) in [5.74, 6) is 2.07. The Morgan fingerprint density at radius 3 is 2.50 bits per heavy atom. The van der Waals surface area contributed by atoms with Crippen LogP contribution in [0, 0.1) is 0 Å². The molecule has 0 unspecified atom stereocenters. The Morgan fingerprint density at radius 2 is 1.81 bits per heavy atom. The molecule has 6 heteroatoms. The zero-order valence-corrected chi connectivity index (χ0v) is 15.4. The molecule has 0 spiro atoms. The van der Waals surface area contributed by atoms with Crippen LogP contribution in [-0.4, -0.2) is 30.8 Å². The lowest BCUT2D eigenvalue weighted by Crippen LogP contribution is -2.23. The van der Waals surface area contributed by atoms with E-state index in [1.165, 1.54) is 0 Å². The third-order valence-electron chi connectivity index (χ3n) is 3.67. The topological polar surface area (TPSA) is 89.1 Å². The van der Waals surface area contributed by atoms with Gasteiger partial charge in [-0.05, 0) is 56.5 Å². The number of hydrogen-bond acceptors (Lipinski definition) is 4. The molecule has 2 aromatic rings. The fourth-order valence-corrected chi connectivity index (χ4v) is 2.47. The molecule has 6 nitrogen and oxygen atoms in total. The van der Waals surface area contributed by atoms with Crippen molar-refractivity contribution in [1.29, 1.82) is 0 Å². The molecule has 140 valence electrons. The molecule has 0 aliphatic heterocycles. The number of nitrogens with two attached hydrogens (primary N) is 1. The van der Waals surface area contributed by atoms with Crippen LogP contribution in [0.5, 0.6) is 17.2 Å². The van der Waals surface area contributed by atoms with Gasteiger partial charge in [-0.1, -0.05) is 12.1 Å². The second-order valence-electron chi connectivity index (χ2n) is 5.69. The molecule has 0 aliphatic carbocycles. The Morgan fingerprint density at radius 1 is 1.08 bits per heavy atom. The number of nitrogens with one attached hydrogen (secondary N) is 1. The molecular formula is C20H27N3O3. The highest BCUT2D eigenvalue weighted by atomic mass is 16.5. The number of nitrogens with zero attached hydrogens (tertiary/aromatic N) is 1. The van der Waals surface area contributed by atoms with Gasteiger partial charge in [0.25, 0.3) is 0 Å². The minimum Gasteiger partial charge on any atom is -0.508 e. The first-order valence-corrected chi connectivity index (χ1v) is 8.86. The Labute approximate surface area is 154 Å². The summed E-state index contributed by atoms with van der Waals surface area (Å²) in [5.41, 5.74) is 7.90. The highest BCUT2D eigenvalue weighted by molar-refractivity contribution is 5.94. The van der Waals surface area contributed by atoms with E-state index >= 15 is 0 Å². The summed E-state index contributed by atoms with van der Waals surface area (Å²) in [6.45, 7) is 5.63. The van der Waals surface area contributed by atoms with Gasteiger partial charge in [0.05, 0.1) is 18.9 Å². The summed E-state index contributed by atoms with van der Waals surface area (Å²) in [4.78, 5) is 4.37. The van der Waals surface area contributed by atoms with Crippen LogP contribution in [0.15, 0.2) is 47.5 Å². The lowest BCUT2D eigenvalue weighted by Gasteiger charge is -2.14. The monoisotopic (exact) mass is 357 g/mol. The normalized spacial score (nSPS) is 11.2. The summed E-state index contributed by atoms with van der Waals surface area (Å²) in [6.07, 6.45) is 1.74. The van der Waals surface area contributed by atoms with E-state index in [1.54, 1.807) is 12.1 Å². The summed E-state index contributed by atoms with van der Waals surface area (Å²) in [6, 6.07) is 12.8. The van der Waals surface area contributed by atoms with Gasteiger partial charge in [0.1, 0.15) is 17.2 Å². The maximum absolute atomic E-state index is 9.29. The summed E-state index contributed by atoms with van der Waals surface area (Å²) < 4.78 is 11.1. The number of rotatable bonds is 9. The van der Waals surface area contributed by atoms with E-state index in [1.807, 2.05) is 44.2 Å². The molecule has 0 aromatic heterocycles. The van der Waals surface area contributed by atoms with Gasteiger partial charge >= 0.3 is 0 Å². The average molecular weight is 357 g/mol. The molecule has 0 atom stereocenters. The number of aryl methyl sites for hydroxylation is 1. The minimum atomic E-state index is 0.277. The highest BCUT2D eigenvalue weighted by Crippen LogP contribution is 2.29. The van der Waals surface area contributed by atoms with Crippen LogP contribution >= 0.6 is 0 Å². The molecule has 2 rings (SSSR count). The van der Waals surface area contributed by atoms with Gasteiger partial charge in [-0.25, -0.2) is 0 Å². The number of guanidine groups is 1. The maximum Gasteiger partial charge on any atom is 0.193 e. The number of aliphatic imine (C=N–C) groups is 1. The molecule has 0 bridgehead atoms. The molecule has 4 N–H and O–H groups in total. The number of phenols is 1. The van der Waals surface area contributed by atoms with Crippen LogP contribution in [0.25, 0.3) is 0 Å². The van der Waals surface area contributed by atoms with Crippen molar-refractivity contribution < 1.29 is 14.6 Å². The lowest BCUT2D eigenvalue weighted by molar-refractivity contribution is 0.332. The van der Waals surface area contributed by atoms with Gasteiger partial charge in [0.15, 0.2) is 5.96 Å². The Bertz CT molecular complexity index is 715. The largest absolute Gasteiger partial charge is 0.508 e. The van der Waals surface area contributed by atoms with E-state index < -0.39 is 0 Å². The first-order chi connectivity index (χ1) is 12.6. The summed E-state index contributed by atoms with van der Waals surface area (Å²) in [7, 11) is 0. The van der Waals surface area contributed by atoms with Crippen molar-refractivity contribution >= 4 is 11.6 Å². The van der Waals surface area contributed by atoms with Gasteiger partial charge in [0.2, 0.25) is 0 Å². The number of aromatic hydroxyl groups is 1. The summed E-state index contributed by atoms with van der Waals surface area (Å²) in [5, 5.41) is 12.4. The van der Waals surface area contributed by atoms with E-state index in [-0.39, 0.29) is 5.75 Å². The first-order valence-electron chi connectivity index (χ1n) is 8.86. The fraction of sp³-hybridized carbons (Fsp3) is 0.350. The zero-order valence-electron chi connectivity index (χ0n) is 15.4. The van der Waals surface area contributed by atoms with Crippen molar-refractivity contribution in [1.82, 2.24) is 0 Å². The van der Waals surface area contributed by atoms with Crippen LogP contribution in [0.2, 0.25) is 0 Å². The number of hydrogen-bond donors (Lipinski definition) is 3. The second kappa shape index (κ2) is 10.2. The van der Waals surface area contributed by atoms with Crippen LogP contribution < -0.4 is 20.5 Å². The predicted octanol–water partition coefficient (Wildman–Crippen LogP) is 3.55. The quantitative estimate of drug-likeness (QED) is 0.363. The number of anilines is 1. The third kappa shape index (κ3) is 6.20. The van der Waals surface area contributed by atoms with Crippen molar-refractivity contribution in [2.24, 2.45) is 10.7 Å². The minimum absolute atomic E-state index is 0.277. The van der Waals surface area contributed by atoms with E-state index in [0.717, 1.165) is 29.8 Å². The second-order valence-corrected chi connectivity index (χ2v) is 5.69. The van der Waals surface area contributed by atoms with Gasteiger partial charge in [0, 0.05) is 12.6 Å². The Kier molecular flexibility index (Phi) is 7.61. The van der Waals surface area contributed by atoms with Crippen molar-refractivity contribution in [3.05, 3.63) is 48.0 Å². The molecule has 0 saturated carbocycles. The van der Waals surface area contributed by atoms with Gasteiger partial charge in [-0.15, -0.1) is 0 Å². The summed E-state index contributed by atoms with van der Waals surface area (Å²) >= 11 is 0. The van der Waals surface area contributed by atoms with E-state index in [9.17, 15) is 5.11 Å². The van der Waals surface area contributed by atoms with E-state index in [4.69, 9.17) is 15.2 Å². The molecule has 0 radical (unpaired) electrons. The molecule has 0 fully saturated rings. The van der Waals surface area contributed by atoms with Crippen molar-refractivity contribution in [3.8, 4) is 17.2 Å². The third-order valence-corrected chi connectivity index (χ3v) is 3.67.